The molecule has 0 radical (unpaired) electrons. The number of hydrogen-bond donors (Lipinski definition) is 2. The molecule has 1 atom stereocenters. The highest BCUT2D eigenvalue weighted by Crippen LogP contribution is 2.26. The van der Waals surface area contributed by atoms with Crippen molar-refractivity contribution >= 4 is 5.91 Å². The molecule has 0 aromatic carbocycles. The van der Waals surface area contributed by atoms with Crippen LogP contribution in [0, 0.1) is 6.92 Å². The van der Waals surface area contributed by atoms with Crippen molar-refractivity contribution in [2.24, 2.45) is 5.73 Å². The Morgan fingerprint density at radius 2 is 2.56 bits per heavy atom. The van der Waals surface area contributed by atoms with Crippen LogP contribution in [0.3, 0.4) is 0 Å². The zero-order chi connectivity index (χ0) is 11.5. The lowest BCUT2D eigenvalue weighted by atomic mass is 9.93. The second kappa shape index (κ2) is 4.65. The average Bonchev–Trinajstić information content (AvgIpc) is 2.64. The Morgan fingerprint density at radius 3 is 3.19 bits per heavy atom. The number of nitrogens with two attached hydrogens (primary N) is 1. The number of carbonyl (C=O) groups is 1. The first-order valence-corrected chi connectivity index (χ1v) is 5.67. The molecule has 0 aliphatic carbocycles. The van der Waals surface area contributed by atoms with E-state index >= 15 is 0 Å². The summed E-state index contributed by atoms with van der Waals surface area (Å²) in [4.78, 5) is 13.0. The Morgan fingerprint density at radius 1 is 1.75 bits per heavy atom. The van der Waals surface area contributed by atoms with Gasteiger partial charge in [0.1, 0.15) is 0 Å². The Bertz CT molecular complexity index is 374. The molecule has 3 N–H and O–H groups in total. The molecule has 5 heteroatoms. The molecule has 0 saturated carbocycles. The summed E-state index contributed by atoms with van der Waals surface area (Å²) in [6.07, 6.45) is 4.11. The topological polar surface area (TPSA) is 75.0 Å². The van der Waals surface area contributed by atoms with Gasteiger partial charge in [0.05, 0.1) is 12.7 Å². The highest BCUT2D eigenvalue weighted by molar-refractivity contribution is 5.75. The molecule has 1 aliphatic rings. The van der Waals surface area contributed by atoms with E-state index in [1.54, 1.807) is 0 Å². The smallest absolute Gasteiger partial charge is 0.231 e. The van der Waals surface area contributed by atoms with Crippen LogP contribution in [0.2, 0.25) is 0 Å². The lowest BCUT2D eigenvalue weighted by Gasteiger charge is -2.31. The lowest BCUT2D eigenvalue weighted by molar-refractivity contribution is -0.119. The van der Waals surface area contributed by atoms with Crippen LogP contribution in [0.15, 0.2) is 6.20 Å². The van der Waals surface area contributed by atoms with Crippen molar-refractivity contribution in [3.63, 3.8) is 0 Å². The molecule has 1 amide bonds. The van der Waals surface area contributed by atoms with Crippen LogP contribution in [0.4, 0.5) is 0 Å². The fraction of sp³-hybridized carbons (Fsp3) is 0.636. The SMILES string of the molecule is Cc1cn[nH]c1C1CCCN(CC(N)=O)C1. The molecule has 2 heterocycles. The molecular weight excluding hydrogens is 204 g/mol. The van der Waals surface area contributed by atoms with Gasteiger partial charge in [-0.1, -0.05) is 0 Å². The molecule has 5 nitrogen and oxygen atoms in total. The fourth-order valence-electron chi connectivity index (χ4n) is 2.42. The van der Waals surface area contributed by atoms with Crippen molar-refractivity contribution in [2.75, 3.05) is 19.6 Å². The second-order valence-electron chi connectivity index (χ2n) is 4.51. The maximum atomic E-state index is 10.9. The quantitative estimate of drug-likeness (QED) is 0.776. The Kier molecular flexibility index (Phi) is 3.24. The van der Waals surface area contributed by atoms with Crippen molar-refractivity contribution in [3.05, 3.63) is 17.5 Å². The van der Waals surface area contributed by atoms with Crippen LogP contribution >= 0.6 is 0 Å². The van der Waals surface area contributed by atoms with E-state index in [-0.39, 0.29) is 5.91 Å². The second-order valence-corrected chi connectivity index (χ2v) is 4.51. The highest BCUT2D eigenvalue weighted by atomic mass is 16.1. The Labute approximate surface area is 95.0 Å². The van der Waals surface area contributed by atoms with E-state index in [9.17, 15) is 4.79 Å². The summed E-state index contributed by atoms with van der Waals surface area (Å²) < 4.78 is 0. The van der Waals surface area contributed by atoms with E-state index < -0.39 is 0 Å². The number of piperidine rings is 1. The molecule has 88 valence electrons. The average molecular weight is 222 g/mol. The maximum absolute atomic E-state index is 10.9. The van der Waals surface area contributed by atoms with Crippen molar-refractivity contribution in [1.29, 1.82) is 0 Å². The molecule has 0 spiro atoms. The third-order valence-corrected chi connectivity index (χ3v) is 3.16. The van der Waals surface area contributed by atoms with E-state index in [4.69, 9.17) is 5.73 Å². The van der Waals surface area contributed by atoms with Crippen LogP contribution in [0.1, 0.15) is 30.0 Å². The number of nitrogens with zero attached hydrogens (tertiary/aromatic N) is 2. The third kappa shape index (κ3) is 2.41. The van der Waals surface area contributed by atoms with Gasteiger partial charge in [0.15, 0.2) is 0 Å². The van der Waals surface area contributed by atoms with Crippen molar-refractivity contribution in [2.45, 2.75) is 25.7 Å². The predicted molar refractivity (Wildman–Crippen MR) is 60.9 cm³/mol. The minimum atomic E-state index is -0.248. The molecule has 1 saturated heterocycles. The minimum absolute atomic E-state index is 0.248. The predicted octanol–water partition coefficient (Wildman–Crippen LogP) is 0.383. The number of H-pyrrole nitrogens is 1. The monoisotopic (exact) mass is 222 g/mol. The standard InChI is InChI=1S/C11H18N4O/c1-8-5-13-14-11(8)9-3-2-4-15(6-9)7-10(12)16/h5,9H,2-4,6-7H2,1H3,(H2,12,16)(H,13,14). The zero-order valence-electron chi connectivity index (χ0n) is 9.57. The van der Waals surface area contributed by atoms with Crippen molar-refractivity contribution < 1.29 is 4.79 Å². The molecule has 1 aromatic rings. The van der Waals surface area contributed by atoms with Crippen LogP contribution < -0.4 is 5.73 Å². The number of rotatable bonds is 3. The third-order valence-electron chi connectivity index (χ3n) is 3.16. The lowest BCUT2D eigenvalue weighted by Crippen LogP contribution is -2.40. The van der Waals surface area contributed by atoms with Gasteiger partial charge in [0.25, 0.3) is 0 Å². The number of primary amides is 1. The van der Waals surface area contributed by atoms with Gasteiger partial charge < -0.3 is 5.73 Å². The van der Waals surface area contributed by atoms with Gasteiger partial charge in [0, 0.05) is 18.2 Å². The molecular formula is C11H18N4O. The van der Waals surface area contributed by atoms with Gasteiger partial charge in [-0.25, -0.2) is 0 Å². The number of amides is 1. The first-order chi connectivity index (χ1) is 7.66. The molecule has 16 heavy (non-hydrogen) atoms. The first kappa shape index (κ1) is 11.1. The summed E-state index contributed by atoms with van der Waals surface area (Å²) in [7, 11) is 0. The minimum Gasteiger partial charge on any atom is -0.369 e. The number of hydrogen-bond acceptors (Lipinski definition) is 3. The highest BCUT2D eigenvalue weighted by Gasteiger charge is 2.24. The molecule has 1 unspecified atom stereocenters. The maximum Gasteiger partial charge on any atom is 0.231 e. The van der Waals surface area contributed by atoms with Crippen molar-refractivity contribution in [3.8, 4) is 0 Å². The zero-order valence-corrected chi connectivity index (χ0v) is 9.57. The summed E-state index contributed by atoms with van der Waals surface area (Å²) in [6, 6.07) is 0. The molecule has 2 rings (SSSR count). The van der Waals surface area contributed by atoms with Gasteiger partial charge in [-0.05, 0) is 31.9 Å². The fourth-order valence-corrected chi connectivity index (χ4v) is 2.42. The van der Waals surface area contributed by atoms with Gasteiger partial charge in [-0.15, -0.1) is 0 Å². The number of aryl methyl sites for hydroxylation is 1. The van der Waals surface area contributed by atoms with E-state index in [2.05, 4.69) is 22.0 Å². The molecule has 1 aromatic heterocycles. The summed E-state index contributed by atoms with van der Waals surface area (Å²) in [5, 5.41) is 7.10. The largest absolute Gasteiger partial charge is 0.369 e. The number of aromatic amines is 1. The van der Waals surface area contributed by atoms with Gasteiger partial charge >= 0.3 is 0 Å². The molecule has 1 aliphatic heterocycles. The van der Waals surface area contributed by atoms with E-state index in [1.165, 1.54) is 11.3 Å². The van der Waals surface area contributed by atoms with Gasteiger partial charge in [0.2, 0.25) is 5.91 Å². The number of carbonyl (C=O) groups excluding carboxylic acids is 1. The van der Waals surface area contributed by atoms with E-state index in [0.29, 0.717) is 12.5 Å². The van der Waals surface area contributed by atoms with Gasteiger partial charge in [-0.2, -0.15) is 5.10 Å². The Hall–Kier alpha value is -1.36. The molecule has 1 fully saturated rings. The number of likely N-dealkylation sites (tertiary alicyclic amines) is 1. The number of aromatic nitrogens is 2. The van der Waals surface area contributed by atoms with E-state index in [1.807, 2.05) is 6.20 Å². The Balaban J connectivity index is 2.02. The molecule has 0 bridgehead atoms. The van der Waals surface area contributed by atoms with Crippen LogP contribution in [-0.4, -0.2) is 40.6 Å². The van der Waals surface area contributed by atoms with Crippen molar-refractivity contribution in [1.82, 2.24) is 15.1 Å². The van der Waals surface area contributed by atoms with Crippen LogP contribution in [0.5, 0.6) is 0 Å². The summed E-state index contributed by atoms with van der Waals surface area (Å²) in [5.74, 6) is 0.206. The van der Waals surface area contributed by atoms with E-state index in [0.717, 1.165) is 25.9 Å². The number of nitrogens with one attached hydrogen (secondary N) is 1. The summed E-state index contributed by atoms with van der Waals surface area (Å²) >= 11 is 0. The van der Waals surface area contributed by atoms with Crippen LogP contribution in [-0.2, 0) is 4.79 Å². The summed E-state index contributed by atoms with van der Waals surface area (Å²) in [5.41, 5.74) is 7.62. The van der Waals surface area contributed by atoms with Gasteiger partial charge in [-0.3, -0.25) is 14.8 Å². The summed E-state index contributed by atoms with van der Waals surface area (Å²) in [6.45, 7) is 4.29. The normalized spacial score (nSPS) is 22.2. The van der Waals surface area contributed by atoms with Crippen LogP contribution in [0.25, 0.3) is 0 Å². The first-order valence-electron chi connectivity index (χ1n) is 5.67.